The molecule has 17 heavy (non-hydrogen) atoms. The van der Waals surface area contributed by atoms with E-state index >= 15 is 0 Å². The molecule has 0 amide bonds. The Balaban J connectivity index is 1.93. The predicted octanol–water partition coefficient (Wildman–Crippen LogP) is 3.05. The van der Waals surface area contributed by atoms with Crippen LogP contribution in [0.2, 0.25) is 0 Å². The van der Waals surface area contributed by atoms with Crippen LogP contribution in [-0.2, 0) is 0 Å². The van der Waals surface area contributed by atoms with Crippen molar-refractivity contribution in [2.75, 3.05) is 13.1 Å². The Morgan fingerprint density at radius 3 is 2.35 bits per heavy atom. The van der Waals surface area contributed by atoms with Crippen LogP contribution in [0.25, 0.3) is 0 Å². The highest BCUT2D eigenvalue weighted by atomic mass is 16.3. The molecule has 0 heterocycles. The molecule has 0 radical (unpaired) electrons. The smallest absolute Gasteiger partial charge is 0.0695 e. The Bertz CT molecular complexity index is 227. The van der Waals surface area contributed by atoms with E-state index < -0.39 is 0 Å². The van der Waals surface area contributed by atoms with Crippen LogP contribution in [0.3, 0.4) is 0 Å². The summed E-state index contributed by atoms with van der Waals surface area (Å²) in [7, 11) is 0. The second-order valence-corrected chi connectivity index (χ2v) is 6.16. The minimum absolute atomic E-state index is 0.0666. The zero-order chi connectivity index (χ0) is 12.3. The van der Waals surface area contributed by atoms with Crippen molar-refractivity contribution < 1.29 is 5.11 Å². The molecule has 1 N–H and O–H groups in total. The standard InChI is InChI=1S/C15H29NO/c1-3-9-16(11-13-5-6-13)14-10-12(4-2)7-8-15(14)17/h12-15,17H,3-11H2,1-2H3. The third-order valence-corrected chi connectivity index (χ3v) is 4.64. The van der Waals surface area contributed by atoms with Crippen LogP contribution in [-0.4, -0.2) is 35.2 Å². The molecule has 2 saturated carbocycles. The molecule has 2 nitrogen and oxygen atoms in total. The number of hydrogen-bond acceptors (Lipinski definition) is 2. The van der Waals surface area contributed by atoms with Crippen LogP contribution < -0.4 is 0 Å². The quantitative estimate of drug-likeness (QED) is 0.770. The van der Waals surface area contributed by atoms with Gasteiger partial charge in [0.1, 0.15) is 0 Å². The van der Waals surface area contributed by atoms with E-state index in [1.54, 1.807) is 0 Å². The van der Waals surface area contributed by atoms with Crippen molar-refractivity contribution in [3.8, 4) is 0 Å². The molecule has 100 valence electrons. The fourth-order valence-corrected chi connectivity index (χ4v) is 3.29. The van der Waals surface area contributed by atoms with Crippen molar-refractivity contribution in [2.45, 2.75) is 70.9 Å². The lowest BCUT2D eigenvalue weighted by Gasteiger charge is -2.40. The first-order valence-electron chi connectivity index (χ1n) is 7.66. The summed E-state index contributed by atoms with van der Waals surface area (Å²) in [5.74, 6) is 1.79. The molecule has 0 spiro atoms. The fraction of sp³-hybridized carbons (Fsp3) is 1.00. The lowest BCUT2D eigenvalue weighted by atomic mass is 9.81. The number of hydrogen-bond donors (Lipinski definition) is 1. The normalized spacial score (nSPS) is 34.2. The summed E-state index contributed by atoms with van der Waals surface area (Å²) in [4.78, 5) is 2.60. The minimum atomic E-state index is -0.0666. The van der Waals surface area contributed by atoms with Crippen molar-refractivity contribution in [1.82, 2.24) is 4.90 Å². The lowest BCUT2D eigenvalue weighted by molar-refractivity contribution is 0.000339. The Morgan fingerprint density at radius 2 is 1.76 bits per heavy atom. The van der Waals surface area contributed by atoms with E-state index in [-0.39, 0.29) is 6.10 Å². The van der Waals surface area contributed by atoms with Gasteiger partial charge in [-0.25, -0.2) is 0 Å². The molecule has 2 fully saturated rings. The van der Waals surface area contributed by atoms with E-state index in [0.29, 0.717) is 6.04 Å². The number of aliphatic hydroxyl groups is 1. The molecular weight excluding hydrogens is 210 g/mol. The van der Waals surface area contributed by atoms with E-state index in [1.807, 2.05) is 0 Å². The van der Waals surface area contributed by atoms with Gasteiger partial charge in [0.25, 0.3) is 0 Å². The molecule has 3 atom stereocenters. The van der Waals surface area contributed by atoms with E-state index in [2.05, 4.69) is 18.7 Å². The first-order chi connectivity index (χ1) is 8.24. The zero-order valence-electron chi connectivity index (χ0n) is 11.6. The van der Waals surface area contributed by atoms with Gasteiger partial charge in [-0.1, -0.05) is 20.3 Å². The number of aliphatic hydroxyl groups excluding tert-OH is 1. The lowest BCUT2D eigenvalue weighted by Crippen LogP contribution is -2.48. The zero-order valence-corrected chi connectivity index (χ0v) is 11.6. The van der Waals surface area contributed by atoms with Crippen molar-refractivity contribution in [2.24, 2.45) is 11.8 Å². The summed E-state index contributed by atoms with van der Waals surface area (Å²) in [6.07, 6.45) is 8.75. The maximum absolute atomic E-state index is 10.3. The van der Waals surface area contributed by atoms with Crippen LogP contribution >= 0.6 is 0 Å². The van der Waals surface area contributed by atoms with Crippen LogP contribution in [0.1, 0.15) is 58.8 Å². The van der Waals surface area contributed by atoms with Crippen LogP contribution in [0.5, 0.6) is 0 Å². The average Bonchev–Trinajstić information content (AvgIpc) is 3.13. The van der Waals surface area contributed by atoms with Gasteiger partial charge in [0.05, 0.1) is 6.10 Å². The number of rotatable bonds is 6. The molecule has 2 rings (SSSR count). The molecule has 0 aromatic heterocycles. The van der Waals surface area contributed by atoms with Crippen molar-refractivity contribution >= 4 is 0 Å². The van der Waals surface area contributed by atoms with Gasteiger partial charge in [0, 0.05) is 12.6 Å². The maximum atomic E-state index is 10.3. The molecule has 3 unspecified atom stereocenters. The first kappa shape index (κ1) is 13.4. The topological polar surface area (TPSA) is 23.5 Å². The van der Waals surface area contributed by atoms with Crippen LogP contribution in [0, 0.1) is 11.8 Å². The monoisotopic (exact) mass is 239 g/mol. The summed E-state index contributed by atoms with van der Waals surface area (Å²) in [6, 6.07) is 0.453. The Labute approximate surface area is 106 Å². The largest absolute Gasteiger partial charge is 0.391 e. The van der Waals surface area contributed by atoms with Gasteiger partial charge in [0.15, 0.2) is 0 Å². The molecule has 0 bridgehead atoms. The average molecular weight is 239 g/mol. The SMILES string of the molecule is CCCN(CC1CC1)C1CC(CC)CCC1O. The first-order valence-corrected chi connectivity index (χ1v) is 7.66. The third-order valence-electron chi connectivity index (χ3n) is 4.64. The van der Waals surface area contributed by atoms with Crippen molar-refractivity contribution in [3.63, 3.8) is 0 Å². The van der Waals surface area contributed by atoms with E-state index in [4.69, 9.17) is 0 Å². The molecule has 2 aliphatic rings. The summed E-state index contributed by atoms with van der Waals surface area (Å²) >= 11 is 0. The van der Waals surface area contributed by atoms with Gasteiger partial charge >= 0.3 is 0 Å². The van der Waals surface area contributed by atoms with Gasteiger partial charge in [0.2, 0.25) is 0 Å². The summed E-state index contributed by atoms with van der Waals surface area (Å²) in [5.41, 5.74) is 0. The minimum Gasteiger partial charge on any atom is -0.391 e. The van der Waals surface area contributed by atoms with Gasteiger partial charge in [-0.05, 0) is 56.9 Å². The molecule has 0 aromatic carbocycles. The summed E-state index contributed by atoms with van der Waals surface area (Å²) < 4.78 is 0. The summed E-state index contributed by atoms with van der Waals surface area (Å²) in [5, 5.41) is 10.3. The van der Waals surface area contributed by atoms with E-state index in [1.165, 1.54) is 51.6 Å². The van der Waals surface area contributed by atoms with Crippen molar-refractivity contribution in [1.29, 1.82) is 0 Å². The van der Waals surface area contributed by atoms with Gasteiger partial charge in [-0.3, -0.25) is 4.90 Å². The highest BCUT2D eigenvalue weighted by Crippen LogP contribution is 2.34. The second-order valence-electron chi connectivity index (χ2n) is 6.16. The fourth-order valence-electron chi connectivity index (χ4n) is 3.29. The molecular formula is C15H29NO. The van der Waals surface area contributed by atoms with Crippen molar-refractivity contribution in [3.05, 3.63) is 0 Å². The van der Waals surface area contributed by atoms with E-state index in [9.17, 15) is 5.11 Å². The molecule has 2 aliphatic carbocycles. The highest BCUT2D eigenvalue weighted by molar-refractivity contribution is 4.89. The Morgan fingerprint density at radius 1 is 1.06 bits per heavy atom. The number of nitrogens with zero attached hydrogens (tertiary/aromatic N) is 1. The van der Waals surface area contributed by atoms with Gasteiger partial charge in [-0.2, -0.15) is 0 Å². The maximum Gasteiger partial charge on any atom is 0.0695 e. The summed E-state index contributed by atoms with van der Waals surface area (Å²) in [6.45, 7) is 6.97. The Hall–Kier alpha value is -0.0800. The van der Waals surface area contributed by atoms with Crippen LogP contribution in [0.4, 0.5) is 0 Å². The highest BCUT2D eigenvalue weighted by Gasteiger charge is 2.35. The third kappa shape index (κ3) is 3.69. The van der Waals surface area contributed by atoms with Gasteiger partial charge in [-0.15, -0.1) is 0 Å². The molecule has 2 heteroatoms. The predicted molar refractivity (Wildman–Crippen MR) is 72.0 cm³/mol. The molecule has 0 aliphatic heterocycles. The molecule has 0 aromatic rings. The van der Waals surface area contributed by atoms with Gasteiger partial charge < -0.3 is 5.11 Å². The Kier molecular flexibility index (Phi) is 4.87. The molecule has 0 saturated heterocycles. The van der Waals surface area contributed by atoms with E-state index in [0.717, 1.165) is 18.3 Å². The second kappa shape index (κ2) is 6.19. The van der Waals surface area contributed by atoms with Crippen LogP contribution in [0.15, 0.2) is 0 Å².